The number of hydrogen-bond acceptors (Lipinski definition) is 4. The number of halogens is 2. The Morgan fingerprint density at radius 1 is 1.22 bits per heavy atom. The molecule has 1 aromatic heterocycles. The summed E-state index contributed by atoms with van der Waals surface area (Å²) in [5.41, 5.74) is 10.2. The third-order valence-corrected chi connectivity index (χ3v) is 5.89. The molecule has 3 heterocycles. The van der Waals surface area contributed by atoms with Gasteiger partial charge >= 0.3 is 0 Å². The van der Waals surface area contributed by atoms with Crippen molar-refractivity contribution in [1.29, 1.82) is 0 Å². The van der Waals surface area contributed by atoms with E-state index in [0.29, 0.717) is 49.8 Å². The smallest absolute Gasteiger partial charge is 0.297 e. The van der Waals surface area contributed by atoms with E-state index in [1.807, 2.05) is 4.90 Å². The van der Waals surface area contributed by atoms with Crippen LogP contribution in [0, 0.1) is 5.92 Å². The first-order valence-electron chi connectivity index (χ1n) is 10.9. The van der Waals surface area contributed by atoms with Gasteiger partial charge in [0.1, 0.15) is 0 Å². The molecule has 0 amide bonds. The first kappa shape index (κ1) is 22.4. The summed E-state index contributed by atoms with van der Waals surface area (Å²) >= 11 is 0. The number of imidazole rings is 1. The Bertz CT molecular complexity index is 962. The number of piperidine rings is 1. The van der Waals surface area contributed by atoms with Crippen LogP contribution in [0.1, 0.15) is 25.1 Å². The Morgan fingerprint density at radius 3 is 2.66 bits per heavy atom. The maximum absolute atomic E-state index is 13.7. The largest absolute Gasteiger partial charge is 0.378 e. The Morgan fingerprint density at radius 2 is 1.94 bits per heavy atom. The number of nitrogens with two attached hydrogens (primary N) is 1. The maximum Gasteiger partial charge on any atom is 0.297 e. The van der Waals surface area contributed by atoms with Crippen LogP contribution in [0.25, 0.3) is 11.0 Å². The fourth-order valence-electron chi connectivity index (χ4n) is 3.94. The first-order chi connectivity index (χ1) is 15.5. The second-order valence-corrected chi connectivity index (χ2v) is 8.19. The average molecular weight is 449 g/mol. The molecule has 0 bridgehead atoms. The molecule has 0 radical (unpaired) electrons. The van der Waals surface area contributed by atoms with E-state index in [1.165, 1.54) is 4.68 Å². The predicted molar refractivity (Wildman–Crippen MR) is 121 cm³/mol. The number of nitrogens with zero attached hydrogens (tertiary/aromatic N) is 6. The van der Waals surface area contributed by atoms with Crippen molar-refractivity contribution in [2.24, 2.45) is 21.6 Å². The fourth-order valence-corrected chi connectivity index (χ4v) is 3.94. The molecular weight excluding hydrogens is 418 g/mol. The van der Waals surface area contributed by atoms with Crippen molar-refractivity contribution in [2.75, 3.05) is 58.4 Å². The van der Waals surface area contributed by atoms with Crippen molar-refractivity contribution in [3.8, 4) is 0 Å². The van der Waals surface area contributed by atoms with E-state index in [4.69, 9.17) is 10.5 Å². The summed E-state index contributed by atoms with van der Waals surface area (Å²) in [6.45, 7) is 4.95. The quantitative estimate of drug-likeness (QED) is 0.548. The minimum Gasteiger partial charge on any atom is -0.378 e. The molecule has 9 nitrogen and oxygen atoms in total. The van der Waals surface area contributed by atoms with Gasteiger partial charge in [-0.3, -0.25) is 5.43 Å². The van der Waals surface area contributed by atoms with Crippen molar-refractivity contribution in [3.63, 3.8) is 0 Å². The second-order valence-electron chi connectivity index (χ2n) is 8.19. The summed E-state index contributed by atoms with van der Waals surface area (Å²) in [6, 6.07) is 6.96. The molecule has 4 rings (SSSR count). The lowest BCUT2D eigenvalue weighted by Gasteiger charge is -2.28. The molecule has 32 heavy (non-hydrogen) atoms. The lowest BCUT2D eigenvalue weighted by atomic mass is 9.97. The highest BCUT2D eigenvalue weighted by atomic mass is 19.3. The molecule has 2 aliphatic rings. The van der Waals surface area contributed by atoms with E-state index in [1.54, 1.807) is 24.3 Å². The van der Waals surface area contributed by atoms with Gasteiger partial charge in [0, 0.05) is 19.6 Å². The van der Waals surface area contributed by atoms with E-state index < -0.39 is 12.2 Å². The second kappa shape index (κ2) is 10.2. The van der Waals surface area contributed by atoms with Crippen LogP contribution in [0.2, 0.25) is 0 Å². The number of ether oxygens (including phenoxy) is 1. The third-order valence-electron chi connectivity index (χ3n) is 5.89. The number of fused-ring (bicyclic) bond motifs is 1. The number of alkyl halides is 2. The summed E-state index contributed by atoms with van der Waals surface area (Å²) in [5, 5.41) is 0. The number of morpholine rings is 1. The average Bonchev–Trinajstić information content (AvgIpc) is 3.18. The molecule has 1 aromatic carbocycles. The number of guanidine groups is 2. The van der Waals surface area contributed by atoms with Gasteiger partial charge in [0.2, 0.25) is 5.96 Å². The summed E-state index contributed by atoms with van der Waals surface area (Å²) in [6.07, 6.45) is -0.691. The van der Waals surface area contributed by atoms with E-state index in [9.17, 15) is 8.78 Å². The maximum atomic E-state index is 13.7. The minimum absolute atomic E-state index is 0.193. The molecular formula is C21H30F2N8O. The number of para-hydroxylation sites is 2. The molecule has 174 valence electrons. The normalized spacial score (nSPS) is 19.8. The molecule has 2 aliphatic heterocycles. The van der Waals surface area contributed by atoms with Crippen LogP contribution in [0.3, 0.4) is 0 Å². The van der Waals surface area contributed by atoms with Crippen LogP contribution in [0.15, 0.2) is 34.3 Å². The zero-order valence-electron chi connectivity index (χ0n) is 18.3. The highest BCUT2D eigenvalue weighted by Gasteiger charge is 2.21. The Labute approximate surface area is 185 Å². The molecule has 0 aliphatic carbocycles. The highest BCUT2D eigenvalue weighted by Crippen LogP contribution is 2.23. The number of aromatic nitrogens is 2. The van der Waals surface area contributed by atoms with Crippen LogP contribution in [0.4, 0.5) is 8.78 Å². The molecule has 0 atom stereocenters. The number of likely N-dealkylation sites (tertiary alicyclic amines) is 1. The van der Waals surface area contributed by atoms with Crippen molar-refractivity contribution in [3.05, 3.63) is 30.1 Å². The van der Waals surface area contributed by atoms with Gasteiger partial charge < -0.3 is 20.3 Å². The van der Waals surface area contributed by atoms with Crippen molar-refractivity contribution in [2.45, 2.75) is 19.3 Å². The van der Waals surface area contributed by atoms with Crippen LogP contribution >= 0.6 is 0 Å². The summed E-state index contributed by atoms with van der Waals surface area (Å²) < 4.78 is 34.1. The van der Waals surface area contributed by atoms with Crippen LogP contribution in [-0.4, -0.2) is 84.4 Å². The highest BCUT2D eigenvalue weighted by molar-refractivity contribution is 5.99. The van der Waals surface area contributed by atoms with Crippen LogP contribution in [-0.2, 0) is 4.74 Å². The number of benzene rings is 1. The van der Waals surface area contributed by atoms with Gasteiger partial charge in [-0.25, -0.2) is 23.4 Å². The monoisotopic (exact) mass is 448 g/mol. The lowest BCUT2D eigenvalue weighted by Crippen LogP contribution is -2.45. The molecule has 3 N–H and O–H groups in total. The third kappa shape index (κ3) is 5.33. The predicted octanol–water partition coefficient (Wildman–Crippen LogP) is 1.86. The summed E-state index contributed by atoms with van der Waals surface area (Å²) in [7, 11) is 2.11. The molecule has 2 saturated heterocycles. The van der Waals surface area contributed by atoms with Gasteiger partial charge in [0.05, 0.1) is 24.2 Å². The number of rotatable bonds is 4. The zero-order chi connectivity index (χ0) is 22.5. The lowest BCUT2D eigenvalue weighted by molar-refractivity contribution is 0.0676. The molecule has 2 aromatic rings. The summed E-state index contributed by atoms with van der Waals surface area (Å²) in [4.78, 5) is 17.4. The number of hydrogen-bond donors (Lipinski definition) is 2. The molecule has 0 spiro atoms. The topological polar surface area (TPSA) is 96.3 Å². The Balaban J connectivity index is 1.62. The summed E-state index contributed by atoms with van der Waals surface area (Å²) in [5.74, 6) is 0.499. The first-order valence-corrected chi connectivity index (χ1v) is 10.9. The van der Waals surface area contributed by atoms with Crippen molar-refractivity contribution in [1.82, 2.24) is 19.5 Å². The van der Waals surface area contributed by atoms with Gasteiger partial charge in [-0.1, -0.05) is 12.1 Å². The minimum atomic E-state index is -2.76. The van der Waals surface area contributed by atoms with Crippen LogP contribution < -0.4 is 11.2 Å². The fraction of sp³-hybridized carbons (Fsp3) is 0.571. The zero-order valence-corrected chi connectivity index (χ0v) is 18.3. The van der Waals surface area contributed by atoms with Crippen molar-refractivity contribution >= 4 is 23.0 Å². The van der Waals surface area contributed by atoms with Gasteiger partial charge in [-0.2, -0.15) is 4.99 Å². The van der Waals surface area contributed by atoms with Gasteiger partial charge in [-0.05, 0) is 51.0 Å². The van der Waals surface area contributed by atoms with E-state index in [0.717, 1.165) is 25.9 Å². The van der Waals surface area contributed by atoms with Crippen LogP contribution in [0.5, 0.6) is 0 Å². The number of aliphatic imine (C=N–C) groups is 2. The number of nitrogens with one attached hydrogen (secondary N) is 1. The van der Waals surface area contributed by atoms with Gasteiger partial charge in [-0.15, -0.1) is 0 Å². The molecule has 2 fully saturated rings. The molecule has 0 unspecified atom stereocenters. The molecule has 0 saturated carbocycles. The van der Waals surface area contributed by atoms with Gasteiger partial charge in [0.25, 0.3) is 6.43 Å². The SMILES string of the molecule is CN1CCC(CN=C(N=C(N)N2CCOCC2)Nn2c(C(F)F)nc3ccccc32)CC1. The van der Waals surface area contributed by atoms with E-state index in [2.05, 4.69) is 32.3 Å². The standard InChI is InChI=1S/C21H30F2N8O/c1-29-8-6-15(7-9-29)14-25-21(27-20(24)30-10-12-32-13-11-30)28-31-17-5-3-2-4-16(17)26-19(31)18(22)23/h2-5,15,18H,6-14H2,1H3,(H3,24,25,27,28). The van der Waals surface area contributed by atoms with Crippen molar-refractivity contribution < 1.29 is 13.5 Å². The van der Waals surface area contributed by atoms with Gasteiger partial charge in [0.15, 0.2) is 11.8 Å². The van der Waals surface area contributed by atoms with E-state index >= 15 is 0 Å². The Hall–Kier alpha value is -2.79. The molecule has 11 heteroatoms. The van der Waals surface area contributed by atoms with E-state index in [-0.39, 0.29) is 11.9 Å². The Kier molecular flexibility index (Phi) is 7.15.